The molecule has 1 aromatic carbocycles. The van der Waals surface area contributed by atoms with Gasteiger partial charge in [-0.2, -0.15) is 11.8 Å². The molecule has 1 fully saturated rings. The molecule has 1 saturated heterocycles. The SMILES string of the molecule is CC1(C)CN(CCOc2cccc(Br)c2)CCS1. The highest BCUT2D eigenvalue weighted by Gasteiger charge is 2.26. The minimum absolute atomic E-state index is 0.383. The fraction of sp³-hybridized carbons (Fsp3) is 0.571. The van der Waals surface area contributed by atoms with Gasteiger partial charge in [0.05, 0.1) is 0 Å². The Morgan fingerprint density at radius 2 is 2.28 bits per heavy atom. The van der Waals surface area contributed by atoms with Crippen LogP contribution in [0.25, 0.3) is 0 Å². The summed E-state index contributed by atoms with van der Waals surface area (Å²) >= 11 is 5.52. The summed E-state index contributed by atoms with van der Waals surface area (Å²) in [5.41, 5.74) is 0. The van der Waals surface area contributed by atoms with Crippen molar-refractivity contribution < 1.29 is 4.74 Å². The third-order valence-electron chi connectivity index (χ3n) is 2.98. The summed E-state index contributed by atoms with van der Waals surface area (Å²) in [5, 5.41) is 0. The van der Waals surface area contributed by atoms with Crippen molar-refractivity contribution in [1.29, 1.82) is 0 Å². The van der Waals surface area contributed by atoms with Crippen LogP contribution in [0.1, 0.15) is 13.8 Å². The van der Waals surface area contributed by atoms with Crippen LogP contribution in [0.3, 0.4) is 0 Å². The molecule has 18 heavy (non-hydrogen) atoms. The second-order valence-corrected chi connectivity index (χ2v) is 7.91. The number of rotatable bonds is 4. The minimum Gasteiger partial charge on any atom is -0.492 e. The maximum atomic E-state index is 5.78. The third-order valence-corrected chi connectivity index (χ3v) is 4.77. The Morgan fingerprint density at radius 1 is 1.44 bits per heavy atom. The first-order chi connectivity index (χ1) is 8.55. The number of ether oxygens (including phenoxy) is 1. The average molecular weight is 330 g/mol. The lowest BCUT2D eigenvalue weighted by Crippen LogP contribution is -2.44. The Labute approximate surface area is 122 Å². The predicted octanol–water partition coefficient (Wildman–Crippen LogP) is 3.66. The average Bonchev–Trinajstić information content (AvgIpc) is 2.28. The van der Waals surface area contributed by atoms with Gasteiger partial charge in [0.1, 0.15) is 12.4 Å². The summed E-state index contributed by atoms with van der Waals surface area (Å²) in [6.07, 6.45) is 0. The molecule has 1 aliphatic heterocycles. The Morgan fingerprint density at radius 3 is 3.00 bits per heavy atom. The number of halogens is 1. The molecule has 0 unspecified atom stereocenters. The van der Waals surface area contributed by atoms with E-state index in [-0.39, 0.29) is 0 Å². The summed E-state index contributed by atoms with van der Waals surface area (Å²) in [7, 11) is 0. The smallest absolute Gasteiger partial charge is 0.120 e. The van der Waals surface area contributed by atoms with Gasteiger partial charge in [-0.25, -0.2) is 0 Å². The van der Waals surface area contributed by atoms with E-state index in [1.807, 2.05) is 24.3 Å². The van der Waals surface area contributed by atoms with E-state index in [4.69, 9.17) is 4.74 Å². The number of hydrogen-bond donors (Lipinski definition) is 0. The lowest BCUT2D eigenvalue weighted by molar-refractivity contribution is 0.202. The van der Waals surface area contributed by atoms with E-state index in [9.17, 15) is 0 Å². The monoisotopic (exact) mass is 329 g/mol. The molecule has 100 valence electrons. The fourth-order valence-electron chi connectivity index (χ4n) is 2.15. The number of benzene rings is 1. The first-order valence-corrected chi connectivity index (χ1v) is 8.08. The van der Waals surface area contributed by atoms with Crippen molar-refractivity contribution >= 4 is 27.7 Å². The van der Waals surface area contributed by atoms with Crippen molar-refractivity contribution in [3.05, 3.63) is 28.7 Å². The summed E-state index contributed by atoms with van der Waals surface area (Å²) in [6, 6.07) is 8.02. The van der Waals surface area contributed by atoms with E-state index >= 15 is 0 Å². The van der Waals surface area contributed by atoms with E-state index in [0.717, 1.165) is 29.9 Å². The van der Waals surface area contributed by atoms with Crippen molar-refractivity contribution in [3.63, 3.8) is 0 Å². The Balaban J connectivity index is 1.75. The van der Waals surface area contributed by atoms with Crippen LogP contribution in [0.4, 0.5) is 0 Å². The van der Waals surface area contributed by atoms with Crippen molar-refractivity contribution in [3.8, 4) is 5.75 Å². The number of nitrogens with zero attached hydrogens (tertiary/aromatic N) is 1. The fourth-order valence-corrected chi connectivity index (χ4v) is 3.71. The Kier molecular flexibility index (Phi) is 4.98. The lowest BCUT2D eigenvalue weighted by atomic mass is 10.2. The summed E-state index contributed by atoms with van der Waals surface area (Å²) < 4.78 is 7.23. The van der Waals surface area contributed by atoms with Crippen LogP contribution in [-0.4, -0.2) is 41.6 Å². The molecule has 0 atom stereocenters. The summed E-state index contributed by atoms with van der Waals surface area (Å²) in [4.78, 5) is 2.49. The molecular weight excluding hydrogens is 310 g/mol. The zero-order valence-corrected chi connectivity index (χ0v) is 13.4. The lowest BCUT2D eigenvalue weighted by Gasteiger charge is -2.37. The second-order valence-electron chi connectivity index (χ2n) is 5.19. The molecule has 0 amide bonds. The molecule has 0 bridgehead atoms. The Hall–Kier alpha value is -0.190. The quantitative estimate of drug-likeness (QED) is 0.836. The molecule has 0 saturated carbocycles. The second kappa shape index (κ2) is 6.31. The van der Waals surface area contributed by atoms with Crippen LogP contribution < -0.4 is 4.74 Å². The van der Waals surface area contributed by atoms with Crippen LogP contribution in [0.15, 0.2) is 28.7 Å². The molecule has 1 aliphatic rings. The van der Waals surface area contributed by atoms with Gasteiger partial charge in [0.15, 0.2) is 0 Å². The zero-order chi connectivity index (χ0) is 13.0. The summed E-state index contributed by atoms with van der Waals surface area (Å²) in [6.45, 7) is 8.74. The van der Waals surface area contributed by atoms with Gasteiger partial charge in [-0.15, -0.1) is 0 Å². The van der Waals surface area contributed by atoms with Gasteiger partial charge >= 0.3 is 0 Å². The largest absolute Gasteiger partial charge is 0.492 e. The molecule has 1 aromatic rings. The standard InChI is InChI=1S/C14H20BrNOS/c1-14(2)11-16(7-9-18-14)6-8-17-13-5-3-4-12(15)10-13/h3-5,10H,6-9,11H2,1-2H3. The zero-order valence-electron chi connectivity index (χ0n) is 11.0. The minimum atomic E-state index is 0.383. The number of thioether (sulfide) groups is 1. The number of hydrogen-bond acceptors (Lipinski definition) is 3. The van der Waals surface area contributed by atoms with Crippen molar-refractivity contribution in [2.45, 2.75) is 18.6 Å². The van der Waals surface area contributed by atoms with Crippen LogP contribution in [0.2, 0.25) is 0 Å². The third kappa shape index (κ3) is 4.48. The molecule has 1 heterocycles. The van der Waals surface area contributed by atoms with Gasteiger partial charge in [0.2, 0.25) is 0 Å². The van der Waals surface area contributed by atoms with Gasteiger partial charge in [-0.1, -0.05) is 22.0 Å². The van der Waals surface area contributed by atoms with Crippen molar-refractivity contribution in [2.75, 3.05) is 32.0 Å². The molecule has 0 radical (unpaired) electrons. The first-order valence-electron chi connectivity index (χ1n) is 6.30. The maximum Gasteiger partial charge on any atom is 0.120 e. The molecular formula is C14H20BrNOS. The highest BCUT2D eigenvalue weighted by molar-refractivity contribution is 9.10. The normalized spacial score (nSPS) is 19.7. The predicted molar refractivity (Wildman–Crippen MR) is 82.6 cm³/mol. The molecule has 0 spiro atoms. The van der Waals surface area contributed by atoms with E-state index in [1.165, 1.54) is 12.3 Å². The van der Waals surface area contributed by atoms with Gasteiger partial charge < -0.3 is 4.74 Å². The highest BCUT2D eigenvalue weighted by Crippen LogP contribution is 2.29. The molecule has 0 aliphatic carbocycles. The molecule has 2 rings (SSSR count). The van der Waals surface area contributed by atoms with Crippen LogP contribution in [0.5, 0.6) is 5.75 Å². The molecule has 0 N–H and O–H groups in total. The maximum absolute atomic E-state index is 5.78. The van der Waals surface area contributed by atoms with Crippen LogP contribution in [0, 0.1) is 0 Å². The first kappa shape index (κ1) is 14.2. The topological polar surface area (TPSA) is 12.5 Å². The Bertz CT molecular complexity index is 397. The van der Waals surface area contributed by atoms with Gasteiger partial charge in [0, 0.05) is 34.6 Å². The summed E-state index contributed by atoms with van der Waals surface area (Å²) in [5.74, 6) is 2.17. The van der Waals surface area contributed by atoms with E-state index in [2.05, 4.69) is 46.4 Å². The van der Waals surface area contributed by atoms with E-state index in [0.29, 0.717) is 4.75 Å². The van der Waals surface area contributed by atoms with E-state index < -0.39 is 0 Å². The van der Waals surface area contributed by atoms with Crippen molar-refractivity contribution in [2.24, 2.45) is 0 Å². The van der Waals surface area contributed by atoms with Gasteiger partial charge in [-0.3, -0.25) is 4.90 Å². The van der Waals surface area contributed by atoms with Gasteiger partial charge in [-0.05, 0) is 32.0 Å². The molecule has 4 heteroatoms. The molecule has 0 aromatic heterocycles. The highest BCUT2D eigenvalue weighted by atomic mass is 79.9. The van der Waals surface area contributed by atoms with Crippen LogP contribution in [-0.2, 0) is 0 Å². The molecule has 2 nitrogen and oxygen atoms in total. The van der Waals surface area contributed by atoms with E-state index in [1.54, 1.807) is 0 Å². The van der Waals surface area contributed by atoms with Crippen molar-refractivity contribution in [1.82, 2.24) is 4.90 Å². The van der Waals surface area contributed by atoms with Gasteiger partial charge in [0.25, 0.3) is 0 Å². The van der Waals surface area contributed by atoms with Crippen LogP contribution >= 0.6 is 27.7 Å².